The summed E-state index contributed by atoms with van der Waals surface area (Å²) in [5.41, 5.74) is -0.0815. The van der Waals surface area contributed by atoms with Crippen LogP contribution < -0.4 is 25.4 Å². The Hall–Kier alpha value is -4.09. The number of ether oxygens (including phenoxy) is 2. The zero-order chi connectivity index (χ0) is 23.3. The van der Waals surface area contributed by atoms with E-state index in [-0.39, 0.29) is 35.4 Å². The molecule has 0 fully saturated rings. The monoisotopic (exact) mass is 451 g/mol. The minimum atomic E-state index is -4.62. The summed E-state index contributed by atoms with van der Waals surface area (Å²) in [6.45, 7) is 0.285. The second-order valence-electron chi connectivity index (χ2n) is 6.26. The fourth-order valence-electron chi connectivity index (χ4n) is 2.69. The number of alkyl halides is 3. The summed E-state index contributed by atoms with van der Waals surface area (Å²) in [5, 5.41) is 8.21. The van der Waals surface area contributed by atoms with E-state index in [4.69, 9.17) is 9.47 Å². The van der Waals surface area contributed by atoms with Gasteiger partial charge in [-0.2, -0.15) is 18.2 Å². The highest BCUT2D eigenvalue weighted by molar-refractivity contribution is 5.69. The van der Waals surface area contributed by atoms with E-state index in [1.165, 1.54) is 19.2 Å². The van der Waals surface area contributed by atoms with Crippen LogP contribution in [-0.4, -0.2) is 30.6 Å². The molecule has 0 aliphatic heterocycles. The summed E-state index contributed by atoms with van der Waals surface area (Å²) in [5.74, 6) is -1.03. The normalized spacial score (nSPS) is 10.9. The molecule has 0 aliphatic carbocycles. The summed E-state index contributed by atoms with van der Waals surface area (Å²) in [6.07, 6.45) is -3.75. The van der Waals surface area contributed by atoms with E-state index in [0.717, 1.165) is 18.3 Å². The molecule has 0 bridgehead atoms. The lowest BCUT2D eigenvalue weighted by Crippen LogP contribution is -2.07. The third-order valence-corrected chi connectivity index (χ3v) is 4.16. The van der Waals surface area contributed by atoms with Gasteiger partial charge in [-0.1, -0.05) is 0 Å². The quantitative estimate of drug-likeness (QED) is 0.335. The summed E-state index contributed by atoms with van der Waals surface area (Å²) in [7, 11) is 2.84. The third-order valence-electron chi connectivity index (χ3n) is 4.16. The first-order valence-electron chi connectivity index (χ1n) is 8.98. The first-order valence-corrected chi connectivity index (χ1v) is 8.98. The number of benzene rings is 2. The van der Waals surface area contributed by atoms with Gasteiger partial charge in [0.1, 0.15) is 5.75 Å². The molecule has 32 heavy (non-hydrogen) atoms. The van der Waals surface area contributed by atoms with Crippen LogP contribution >= 0.6 is 0 Å². The predicted molar refractivity (Wildman–Crippen MR) is 109 cm³/mol. The fraction of sp³-hybridized carbons (Fsp3) is 0.150. The molecule has 3 aromatic rings. The maximum absolute atomic E-state index is 14.2. The first kappa shape index (κ1) is 22.6. The van der Waals surface area contributed by atoms with E-state index in [1.807, 2.05) is 0 Å². The Morgan fingerprint density at radius 2 is 1.84 bits per heavy atom. The summed E-state index contributed by atoms with van der Waals surface area (Å²) in [6, 6.07) is 7.58. The van der Waals surface area contributed by atoms with Crippen molar-refractivity contribution in [1.29, 1.82) is 0 Å². The van der Waals surface area contributed by atoms with E-state index in [9.17, 15) is 22.4 Å². The minimum absolute atomic E-state index is 0.0288. The number of nitrogens with one attached hydrogen (secondary N) is 3. The number of hydrogen-bond donors (Lipinski definition) is 3. The van der Waals surface area contributed by atoms with Crippen LogP contribution in [0.2, 0.25) is 0 Å². The van der Waals surface area contributed by atoms with Crippen molar-refractivity contribution in [3.05, 3.63) is 54.0 Å². The zero-order valence-electron chi connectivity index (χ0n) is 16.7. The molecular formula is C20H17F4N5O3. The van der Waals surface area contributed by atoms with Crippen LogP contribution in [-0.2, 0) is 11.0 Å². The van der Waals surface area contributed by atoms with Gasteiger partial charge in [0.15, 0.2) is 17.4 Å². The van der Waals surface area contributed by atoms with E-state index in [1.54, 1.807) is 19.2 Å². The van der Waals surface area contributed by atoms with Gasteiger partial charge in [-0.15, -0.1) is 0 Å². The lowest BCUT2D eigenvalue weighted by molar-refractivity contribution is -0.137. The van der Waals surface area contributed by atoms with Crippen LogP contribution in [0, 0.1) is 5.82 Å². The Bertz CT molecular complexity index is 1120. The van der Waals surface area contributed by atoms with Crippen LogP contribution in [0.15, 0.2) is 42.6 Å². The number of nitrogens with zero attached hydrogens (tertiary/aromatic N) is 2. The minimum Gasteiger partial charge on any atom is -0.497 e. The van der Waals surface area contributed by atoms with Crippen molar-refractivity contribution in [2.45, 2.75) is 6.18 Å². The standard InChI is InChI=1S/C20H17F4N5O3/c1-25-16-8-12(3-4-17(16)32-10-30)28-19-26-9-15(21)18(29-19)27-13-5-11(20(22,23)24)6-14(7-13)31-2/h3-10,25H,1-2H3,(H2,26,27,28,29). The highest BCUT2D eigenvalue weighted by atomic mass is 19.4. The topological polar surface area (TPSA) is 97.4 Å². The first-order chi connectivity index (χ1) is 15.2. The van der Waals surface area contributed by atoms with Crippen molar-refractivity contribution < 1.29 is 31.8 Å². The summed E-state index contributed by atoms with van der Waals surface area (Å²) < 4.78 is 63.3. The van der Waals surface area contributed by atoms with Gasteiger partial charge in [-0.05, 0) is 30.3 Å². The Morgan fingerprint density at radius 3 is 2.50 bits per heavy atom. The van der Waals surface area contributed by atoms with Crippen LogP contribution in [0.1, 0.15) is 5.56 Å². The number of anilines is 5. The molecule has 0 spiro atoms. The van der Waals surface area contributed by atoms with Crippen molar-refractivity contribution in [2.75, 3.05) is 30.1 Å². The van der Waals surface area contributed by atoms with E-state index in [2.05, 4.69) is 25.9 Å². The average Bonchev–Trinajstić information content (AvgIpc) is 2.76. The molecule has 168 valence electrons. The van der Waals surface area contributed by atoms with Crippen LogP contribution in [0.3, 0.4) is 0 Å². The number of halogens is 4. The van der Waals surface area contributed by atoms with Crippen molar-refractivity contribution in [1.82, 2.24) is 9.97 Å². The Labute approximate surface area is 179 Å². The van der Waals surface area contributed by atoms with Crippen molar-refractivity contribution in [2.24, 2.45) is 0 Å². The maximum Gasteiger partial charge on any atom is 0.416 e. The maximum atomic E-state index is 14.2. The molecule has 0 unspecified atom stereocenters. The number of aromatic nitrogens is 2. The largest absolute Gasteiger partial charge is 0.497 e. The van der Waals surface area contributed by atoms with Gasteiger partial charge in [-0.3, -0.25) is 4.79 Å². The molecule has 0 radical (unpaired) electrons. The molecule has 3 N–H and O–H groups in total. The molecule has 2 aromatic carbocycles. The Morgan fingerprint density at radius 1 is 1.06 bits per heavy atom. The number of rotatable bonds is 8. The fourth-order valence-corrected chi connectivity index (χ4v) is 2.69. The molecule has 0 saturated carbocycles. The van der Waals surface area contributed by atoms with E-state index >= 15 is 0 Å². The van der Waals surface area contributed by atoms with E-state index < -0.39 is 17.6 Å². The lowest BCUT2D eigenvalue weighted by atomic mass is 10.1. The van der Waals surface area contributed by atoms with Gasteiger partial charge in [0.05, 0.1) is 24.6 Å². The van der Waals surface area contributed by atoms with Gasteiger partial charge >= 0.3 is 6.18 Å². The summed E-state index contributed by atoms with van der Waals surface area (Å²) in [4.78, 5) is 18.4. The van der Waals surface area contributed by atoms with Crippen molar-refractivity contribution in [3.63, 3.8) is 0 Å². The SMILES string of the molecule is CNc1cc(Nc2ncc(F)c(Nc3cc(OC)cc(C(F)(F)F)c3)n2)ccc1OC=O. The van der Waals surface area contributed by atoms with Crippen LogP contribution in [0.25, 0.3) is 0 Å². The van der Waals surface area contributed by atoms with Crippen molar-refractivity contribution in [3.8, 4) is 11.5 Å². The van der Waals surface area contributed by atoms with Crippen molar-refractivity contribution >= 4 is 35.3 Å². The van der Waals surface area contributed by atoms with Crippen LogP contribution in [0.5, 0.6) is 11.5 Å². The highest BCUT2D eigenvalue weighted by Crippen LogP contribution is 2.35. The lowest BCUT2D eigenvalue weighted by Gasteiger charge is -2.14. The van der Waals surface area contributed by atoms with Gasteiger partial charge in [-0.25, -0.2) is 9.37 Å². The molecular weight excluding hydrogens is 434 g/mol. The third kappa shape index (κ3) is 5.33. The molecule has 8 nitrogen and oxygen atoms in total. The Balaban J connectivity index is 1.88. The molecule has 3 rings (SSSR count). The molecule has 1 aromatic heterocycles. The second kappa shape index (κ2) is 9.37. The second-order valence-corrected chi connectivity index (χ2v) is 6.26. The van der Waals surface area contributed by atoms with Gasteiger partial charge in [0.2, 0.25) is 5.95 Å². The zero-order valence-corrected chi connectivity index (χ0v) is 16.7. The molecule has 0 aliphatic rings. The summed E-state index contributed by atoms with van der Waals surface area (Å²) >= 11 is 0. The Kier molecular flexibility index (Phi) is 6.61. The van der Waals surface area contributed by atoms with Gasteiger partial charge in [0, 0.05) is 24.5 Å². The number of methoxy groups -OCH3 is 1. The number of hydrogen-bond acceptors (Lipinski definition) is 8. The predicted octanol–water partition coefficient (Wildman–Crippen LogP) is 4.71. The molecule has 12 heteroatoms. The molecule has 0 saturated heterocycles. The van der Waals surface area contributed by atoms with Gasteiger partial charge < -0.3 is 25.4 Å². The number of carbonyl (C=O) groups is 1. The highest BCUT2D eigenvalue weighted by Gasteiger charge is 2.31. The molecule has 0 amide bonds. The van der Waals surface area contributed by atoms with Gasteiger partial charge in [0.25, 0.3) is 6.47 Å². The average molecular weight is 451 g/mol. The number of carbonyl (C=O) groups excluding carboxylic acids is 1. The van der Waals surface area contributed by atoms with Crippen LogP contribution in [0.4, 0.5) is 46.4 Å². The molecule has 1 heterocycles. The van der Waals surface area contributed by atoms with E-state index in [0.29, 0.717) is 11.4 Å². The smallest absolute Gasteiger partial charge is 0.416 e. The molecule has 0 atom stereocenters.